The van der Waals surface area contributed by atoms with Crippen molar-refractivity contribution in [1.29, 1.82) is 0 Å². The molecule has 0 fully saturated rings. The monoisotopic (exact) mass is 250 g/mol. The lowest BCUT2D eigenvalue weighted by atomic mass is 10.3. The molecule has 0 saturated heterocycles. The SMILES string of the molecule is NNc1nc(NCC(N)=O)cc(C(F)(F)F)n1. The van der Waals surface area contributed by atoms with E-state index in [1.165, 1.54) is 0 Å². The van der Waals surface area contributed by atoms with E-state index in [2.05, 4.69) is 15.3 Å². The highest BCUT2D eigenvalue weighted by molar-refractivity contribution is 5.78. The van der Waals surface area contributed by atoms with E-state index in [1.807, 2.05) is 5.43 Å². The fourth-order valence-electron chi connectivity index (χ4n) is 0.925. The van der Waals surface area contributed by atoms with Gasteiger partial charge in [-0.1, -0.05) is 0 Å². The average molecular weight is 250 g/mol. The number of anilines is 2. The first-order valence-corrected chi connectivity index (χ1v) is 4.28. The highest BCUT2D eigenvalue weighted by Crippen LogP contribution is 2.29. The summed E-state index contributed by atoms with van der Waals surface area (Å²) in [5, 5.41) is 2.31. The Morgan fingerprint density at radius 2 is 2.06 bits per heavy atom. The first kappa shape index (κ1) is 13.0. The summed E-state index contributed by atoms with van der Waals surface area (Å²) in [6, 6.07) is 0.643. The molecule has 0 aromatic carbocycles. The molecule has 1 amide bonds. The Balaban J connectivity index is 3.01. The quantitative estimate of drug-likeness (QED) is 0.429. The van der Waals surface area contributed by atoms with Crippen molar-refractivity contribution in [3.8, 4) is 0 Å². The molecule has 0 aliphatic carbocycles. The van der Waals surface area contributed by atoms with Gasteiger partial charge in [-0.05, 0) is 0 Å². The molecule has 94 valence electrons. The molecule has 7 nitrogen and oxygen atoms in total. The molecule has 10 heteroatoms. The lowest BCUT2D eigenvalue weighted by molar-refractivity contribution is -0.141. The van der Waals surface area contributed by atoms with Crippen molar-refractivity contribution in [2.45, 2.75) is 6.18 Å². The number of carbonyl (C=O) groups excluding carboxylic acids is 1. The summed E-state index contributed by atoms with van der Waals surface area (Å²) in [6.45, 7) is -0.349. The second kappa shape index (κ2) is 4.82. The molecule has 1 aromatic heterocycles. The number of nitrogens with two attached hydrogens (primary N) is 2. The number of amides is 1. The predicted octanol–water partition coefficient (Wildman–Crippen LogP) is -0.322. The lowest BCUT2D eigenvalue weighted by Crippen LogP contribution is -2.23. The number of nitrogens with one attached hydrogen (secondary N) is 2. The third-order valence-electron chi connectivity index (χ3n) is 1.59. The number of hydrogen-bond acceptors (Lipinski definition) is 6. The van der Waals surface area contributed by atoms with Crippen LogP contribution in [0.5, 0.6) is 0 Å². The molecule has 17 heavy (non-hydrogen) atoms. The van der Waals surface area contributed by atoms with Crippen molar-refractivity contribution < 1.29 is 18.0 Å². The number of carbonyl (C=O) groups is 1. The maximum atomic E-state index is 12.4. The lowest BCUT2D eigenvalue weighted by Gasteiger charge is -2.10. The maximum absolute atomic E-state index is 12.4. The Bertz CT molecular complexity index is 421. The number of primary amides is 1. The van der Waals surface area contributed by atoms with Crippen LogP contribution >= 0.6 is 0 Å². The van der Waals surface area contributed by atoms with Crippen LogP contribution in [0.15, 0.2) is 6.07 Å². The average Bonchev–Trinajstić information content (AvgIpc) is 2.24. The second-order valence-corrected chi connectivity index (χ2v) is 2.92. The van der Waals surface area contributed by atoms with E-state index in [0.29, 0.717) is 6.07 Å². The standard InChI is InChI=1S/C7H9F3N6O/c8-7(9,10)3-1-5(13-2-4(11)17)15-6(14-3)16-12/h1H,2,12H2,(H2,11,17)(H2,13,14,15,16). The molecule has 0 aliphatic rings. The van der Waals surface area contributed by atoms with Gasteiger partial charge in [0.25, 0.3) is 0 Å². The minimum atomic E-state index is -4.64. The van der Waals surface area contributed by atoms with Gasteiger partial charge >= 0.3 is 6.18 Å². The molecule has 0 spiro atoms. The maximum Gasteiger partial charge on any atom is 0.433 e. The van der Waals surface area contributed by atoms with Crippen molar-refractivity contribution in [2.24, 2.45) is 11.6 Å². The summed E-state index contributed by atoms with van der Waals surface area (Å²) >= 11 is 0. The fraction of sp³-hybridized carbons (Fsp3) is 0.286. The highest BCUT2D eigenvalue weighted by Gasteiger charge is 2.33. The Kier molecular flexibility index (Phi) is 3.68. The zero-order valence-electron chi connectivity index (χ0n) is 8.38. The van der Waals surface area contributed by atoms with Crippen LogP contribution in [0, 0.1) is 0 Å². The Labute approximate surface area is 93.4 Å². The van der Waals surface area contributed by atoms with Gasteiger partial charge in [0.05, 0.1) is 6.54 Å². The minimum Gasteiger partial charge on any atom is -0.368 e. The summed E-state index contributed by atoms with van der Waals surface area (Å²) in [6.07, 6.45) is -4.64. The second-order valence-electron chi connectivity index (χ2n) is 2.92. The van der Waals surface area contributed by atoms with Crippen LogP contribution in [0.4, 0.5) is 24.9 Å². The third-order valence-corrected chi connectivity index (χ3v) is 1.59. The third kappa shape index (κ3) is 3.75. The summed E-state index contributed by atoms with van der Waals surface area (Å²) in [4.78, 5) is 17.2. The number of nitrogens with zero attached hydrogens (tertiary/aromatic N) is 2. The fourth-order valence-corrected chi connectivity index (χ4v) is 0.925. The first-order chi connectivity index (χ1) is 7.82. The van der Waals surface area contributed by atoms with Crippen LogP contribution in [0.3, 0.4) is 0 Å². The van der Waals surface area contributed by atoms with Crippen molar-refractivity contribution in [3.05, 3.63) is 11.8 Å². The first-order valence-electron chi connectivity index (χ1n) is 4.28. The normalized spacial score (nSPS) is 11.1. The van der Waals surface area contributed by atoms with Gasteiger partial charge in [0, 0.05) is 6.07 Å². The minimum absolute atomic E-state index is 0.209. The molecule has 1 aromatic rings. The molecule has 1 rings (SSSR count). The van der Waals surface area contributed by atoms with E-state index in [9.17, 15) is 18.0 Å². The van der Waals surface area contributed by atoms with Gasteiger partial charge < -0.3 is 11.1 Å². The van der Waals surface area contributed by atoms with E-state index < -0.39 is 23.7 Å². The van der Waals surface area contributed by atoms with Gasteiger partial charge in [0.2, 0.25) is 11.9 Å². The number of halogens is 3. The molecule has 0 radical (unpaired) electrons. The van der Waals surface area contributed by atoms with Crippen LogP contribution in [-0.4, -0.2) is 22.4 Å². The van der Waals surface area contributed by atoms with Gasteiger partial charge in [0.1, 0.15) is 5.82 Å². The van der Waals surface area contributed by atoms with E-state index in [-0.39, 0.29) is 12.4 Å². The molecule has 0 aliphatic heterocycles. The van der Waals surface area contributed by atoms with Crippen molar-refractivity contribution in [2.75, 3.05) is 17.3 Å². The van der Waals surface area contributed by atoms with Gasteiger partial charge in [0.15, 0.2) is 5.69 Å². The molecule has 0 atom stereocenters. The van der Waals surface area contributed by atoms with Gasteiger partial charge in [-0.3, -0.25) is 10.2 Å². The Morgan fingerprint density at radius 1 is 1.41 bits per heavy atom. The predicted molar refractivity (Wildman–Crippen MR) is 52.5 cm³/mol. The highest BCUT2D eigenvalue weighted by atomic mass is 19.4. The molecular weight excluding hydrogens is 241 g/mol. The van der Waals surface area contributed by atoms with Gasteiger partial charge in [-0.25, -0.2) is 10.8 Å². The molecule has 0 unspecified atom stereocenters. The van der Waals surface area contributed by atoms with Crippen molar-refractivity contribution in [3.63, 3.8) is 0 Å². The number of hydrogen-bond donors (Lipinski definition) is 4. The van der Waals surface area contributed by atoms with E-state index in [0.717, 1.165) is 0 Å². The molecule has 0 saturated carbocycles. The summed E-state index contributed by atoms with van der Waals surface area (Å²) in [5.41, 5.74) is 5.53. The Morgan fingerprint density at radius 3 is 2.53 bits per heavy atom. The zero-order valence-corrected chi connectivity index (χ0v) is 8.38. The topological polar surface area (TPSA) is 119 Å². The molecule has 0 bridgehead atoms. The number of alkyl halides is 3. The largest absolute Gasteiger partial charge is 0.433 e. The van der Waals surface area contributed by atoms with Crippen LogP contribution in [0.25, 0.3) is 0 Å². The van der Waals surface area contributed by atoms with E-state index in [4.69, 9.17) is 11.6 Å². The number of rotatable bonds is 4. The van der Waals surface area contributed by atoms with Gasteiger partial charge in [-0.15, -0.1) is 0 Å². The summed E-state index contributed by atoms with van der Waals surface area (Å²) in [5.74, 6) is 3.55. The molecule has 6 N–H and O–H groups in total. The number of aromatic nitrogens is 2. The number of hydrazine groups is 1. The van der Waals surface area contributed by atoms with Gasteiger partial charge in [-0.2, -0.15) is 18.2 Å². The molecule has 1 heterocycles. The van der Waals surface area contributed by atoms with Crippen LogP contribution in [0.1, 0.15) is 5.69 Å². The van der Waals surface area contributed by atoms with E-state index >= 15 is 0 Å². The van der Waals surface area contributed by atoms with Crippen LogP contribution in [-0.2, 0) is 11.0 Å². The number of nitrogen functional groups attached to an aromatic ring is 1. The summed E-state index contributed by atoms with van der Waals surface area (Å²) in [7, 11) is 0. The van der Waals surface area contributed by atoms with Crippen LogP contribution < -0.4 is 22.3 Å². The van der Waals surface area contributed by atoms with Crippen molar-refractivity contribution in [1.82, 2.24) is 9.97 Å². The van der Waals surface area contributed by atoms with Crippen LogP contribution in [0.2, 0.25) is 0 Å². The van der Waals surface area contributed by atoms with E-state index in [1.54, 1.807) is 0 Å². The summed E-state index contributed by atoms with van der Waals surface area (Å²) < 4.78 is 37.2. The van der Waals surface area contributed by atoms with Crippen molar-refractivity contribution >= 4 is 17.7 Å². The Hall–Kier alpha value is -2.10. The molecular formula is C7H9F3N6O. The smallest absolute Gasteiger partial charge is 0.368 e. The zero-order chi connectivity index (χ0) is 13.1.